The van der Waals surface area contributed by atoms with E-state index in [2.05, 4.69) is 37.1 Å². The minimum atomic E-state index is 0.260. The largest absolute Gasteiger partial charge is 0.358 e. The van der Waals surface area contributed by atoms with E-state index < -0.39 is 0 Å². The molecule has 0 spiro atoms. The van der Waals surface area contributed by atoms with Gasteiger partial charge in [0, 0.05) is 18.1 Å². The first-order valence-corrected chi connectivity index (χ1v) is 7.52. The molecule has 2 heterocycles. The maximum atomic E-state index is 4.79. The summed E-state index contributed by atoms with van der Waals surface area (Å²) in [6.45, 7) is 6.64. The Bertz CT molecular complexity index is 403. The molecule has 3 nitrogen and oxygen atoms in total. The van der Waals surface area contributed by atoms with Gasteiger partial charge in [-0.3, -0.25) is 9.98 Å². The van der Waals surface area contributed by atoms with E-state index in [1.165, 1.54) is 12.0 Å². The van der Waals surface area contributed by atoms with Crippen molar-refractivity contribution in [3.8, 4) is 0 Å². The van der Waals surface area contributed by atoms with Gasteiger partial charge in [-0.1, -0.05) is 31.7 Å². The molecule has 0 saturated carbocycles. The van der Waals surface area contributed by atoms with Crippen molar-refractivity contribution in [3.05, 3.63) is 30.1 Å². The molecule has 0 fully saturated rings. The van der Waals surface area contributed by atoms with E-state index in [0.717, 1.165) is 10.9 Å². The molecule has 0 saturated heterocycles. The zero-order chi connectivity index (χ0) is 13.0. The van der Waals surface area contributed by atoms with Crippen LogP contribution in [0, 0.1) is 5.92 Å². The van der Waals surface area contributed by atoms with Gasteiger partial charge in [-0.25, -0.2) is 0 Å². The number of hydrogen-bond donors (Lipinski definition) is 1. The molecule has 0 amide bonds. The summed E-state index contributed by atoms with van der Waals surface area (Å²) >= 11 is 1.83. The molecule has 2 unspecified atom stereocenters. The first kappa shape index (κ1) is 13.4. The molecule has 1 aliphatic heterocycles. The summed E-state index contributed by atoms with van der Waals surface area (Å²) in [5.74, 6) is 1.78. The van der Waals surface area contributed by atoms with Crippen LogP contribution in [-0.4, -0.2) is 21.9 Å². The molecule has 1 aromatic rings. The van der Waals surface area contributed by atoms with E-state index in [4.69, 9.17) is 4.99 Å². The summed E-state index contributed by atoms with van der Waals surface area (Å²) in [5, 5.41) is 4.57. The highest BCUT2D eigenvalue weighted by atomic mass is 32.2. The first-order chi connectivity index (χ1) is 8.66. The van der Waals surface area contributed by atoms with Crippen molar-refractivity contribution >= 4 is 16.9 Å². The van der Waals surface area contributed by atoms with E-state index >= 15 is 0 Å². The van der Waals surface area contributed by atoms with Crippen LogP contribution in [0.4, 0.5) is 0 Å². The second-order valence-electron chi connectivity index (χ2n) is 5.04. The average molecular weight is 263 g/mol. The Kier molecular flexibility index (Phi) is 4.64. The highest BCUT2D eigenvalue weighted by Crippen LogP contribution is 2.23. The summed E-state index contributed by atoms with van der Waals surface area (Å²) in [5.41, 5.74) is 1.20. The molecule has 2 rings (SSSR count). The zero-order valence-electron chi connectivity index (χ0n) is 11.3. The molecule has 4 heteroatoms. The molecular formula is C14H21N3S. The Hall–Kier alpha value is -1.03. The molecular weight excluding hydrogens is 242 g/mol. The van der Waals surface area contributed by atoms with Gasteiger partial charge in [0.05, 0.1) is 12.1 Å². The molecule has 0 aliphatic carbocycles. The Morgan fingerprint density at radius 3 is 2.89 bits per heavy atom. The maximum absolute atomic E-state index is 4.79. The molecule has 0 bridgehead atoms. The summed E-state index contributed by atoms with van der Waals surface area (Å²) < 4.78 is 0. The lowest BCUT2D eigenvalue weighted by molar-refractivity contribution is 0.482. The van der Waals surface area contributed by atoms with E-state index in [0.29, 0.717) is 12.0 Å². The quantitative estimate of drug-likeness (QED) is 0.909. The SMILES string of the molecule is CC(NC1=NC(C(C)C)CCS1)c1cccnc1. The number of hydrogen-bond acceptors (Lipinski definition) is 4. The van der Waals surface area contributed by atoms with Crippen LogP contribution in [0.25, 0.3) is 0 Å². The molecule has 1 aliphatic rings. The van der Waals surface area contributed by atoms with Crippen LogP contribution in [-0.2, 0) is 0 Å². The molecule has 0 radical (unpaired) electrons. The Balaban J connectivity index is 2.01. The fraction of sp³-hybridized carbons (Fsp3) is 0.571. The number of thioether (sulfide) groups is 1. The van der Waals surface area contributed by atoms with E-state index in [1.807, 2.05) is 24.0 Å². The number of rotatable bonds is 3. The highest BCUT2D eigenvalue weighted by molar-refractivity contribution is 8.13. The van der Waals surface area contributed by atoms with Crippen molar-refractivity contribution in [1.82, 2.24) is 10.3 Å². The minimum Gasteiger partial charge on any atom is -0.358 e. The fourth-order valence-corrected chi connectivity index (χ4v) is 3.01. The standard InChI is InChI=1S/C14H21N3S/c1-10(2)13-6-8-18-14(17-13)16-11(3)12-5-4-7-15-9-12/h4-5,7,9-11,13H,6,8H2,1-3H3,(H,16,17). The van der Waals surface area contributed by atoms with Crippen LogP contribution < -0.4 is 5.32 Å². The highest BCUT2D eigenvalue weighted by Gasteiger charge is 2.19. The summed E-state index contributed by atoms with van der Waals surface area (Å²) in [6.07, 6.45) is 4.90. The number of nitrogens with one attached hydrogen (secondary N) is 1. The number of aliphatic imine (C=N–C) groups is 1. The molecule has 18 heavy (non-hydrogen) atoms. The van der Waals surface area contributed by atoms with Gasteiger partial charge in [0.1, 0.15) is 0 Å². The van der Waals surface area contributed by atoms with Crippen LogP contribution in [0.1, 0.15) is 38.8 Å². The average Bonchev–Trinajstić information content (AvgIpc) is 2.40. The second-order valence-corrected chi connectivity index (χ2v) is 6.12. The second kappa shape index (κ2) is 6.23. The third-order valence-corrected chi connectivity index (χ3v) is 4.17. The van der Waals surface area contributed by atoms with Crippen molar-refractivity contribution in [2.45, 2.75) is 39.3 Å². The molecule has 98 valence electrons. The molecule has 1 N–H and O–H groups in total. The minimum absolute atomic E-state index is 0.260. The summed E-state index contributed by atoms with van der Waals surface area (Å²) in [7, 11) is 0. The van der Waals surface area contributed by atoms with Crippen LogP contribution in [0.2, 0.25) is 0 Å². The maximum Gasteiger partial charge on any atom is 0.157 e. The summed E-state index contributed by atoms with van der Waals surface area (Å²) in [6, 6.07) is 4.80. The van der Waals surface area contributed by atoms with Crippen LogP contribution in [0.5, 0.6) is 0 Å². The zero-order valence-corrected chi connectivity index (χ0v) is 12.1. The van der Waals surface area contributed by atoms with E-state index in [-0.39, 0.29) is 6.04 Å². The van der Waals surface area contributed by atoms with Gasteiger partial charge >= 0.3 is 0 Å². The monoisotopic (exact) mass is 263 g/mol. The van der Waals surface area contributed by atoms with Gasteiger partial charge in [-0.2, -0.15) is 0 Å². The smallest absolute Gasteiger partial charge is 0.157 e. The molecule has 2 atom stereocenters. The van der Waals surface area contributed by atoms with Crippen molar-refractivity contribution in [1.29, 1.82) is 0 Å². The van der Waals surface area contributed by atoms with Gasteiger partial charge in [-0.15, -0.1) is 0 Å². The Morgan fingerprint density at radius 1 is 1.39 bits per heavy atom. The van der Waals surface area contributed by atoms with Crippen molar-refractivity contribution in [2.75, 3.05) is 5.75 Å². The lowest BCUT2D eigenvalue weighted by Gasteiger charge is -2.25. The topological polar surface area (TPSA) is 37.3 Å². The fourth-order valence-electron chi connectivity index (χ4n) is 1.99. The van der Waals surface area contributed by atoms with Crippen molar-refractivity contribution < 1.29 is 0 Å². The van der Waals surface area contributed by atoms with E-state index in [1.54, 1.807) is 6.20 Å². The third kappa shape index (κ3) is 3.48. The van der Waals surface area contributed by atoms with Crippen molar-refractivity contribution in [2.24, 2.45) is 10.9 Å². The lowest BCUT2D eigenvalue weighted by Crippen LogP contribution is -2.30. The molecule has 1 aromatic heterocycles. The number of pyridine rings is 1. The summed E-state index contributed by atoms with van der Waals surface area (Å²) in [4.78, 5) is 8.95. The van der Waals surface area contributed by atoms with Gasteiger partial charge in [0.25, 0.3) is 0 Å². The lowest BCUT2D eigenvalue weighted by atomic mass is 10.0. The van der Waals surface area contributed by atoms with Gasteiger partial charge < -0.3 is 5.32 Å². The van der Waals surface area contributed by atoms with Crippen LogP contribution >= 0.6 is 11.8 Å². The van der Waals surface area contributed by atoms with Gasteiger partial charge in [0.2, 0.25) is 0 Å². The van der Waals surface area contributed by atoms with Gasteiger partial charge in [0.15, 0.2) is 5.17 Å². The number of nitrogens with zero attached hydrogens (tertiary/aromatic N) is 2. The van der Waals surface area contributed by atoms with Crippen LogP contribution in [0.15, 0.2) is 29.5 Å². The van der Waals surface area contributed by atoms with Crippen molar-refractivity contribution in [3.63, 3.8) is 0 Å². The third-order valence-electron chi connectivity index (χ3n) is 3.23. The van der Waals surface area contributed by atoms with Crippen LogP contribution in [0.3, 0.4) is 0 Å². The molecule has 0 aromatic carbocycles. The normalized spacial score (nSPS) is 21.6. The Labute approximate surface area is 113 Å². The number of amidine groups is 1. The Morgan fingerprint density at radius 2 is 2.22 bits per heavy atom. The number of aromatic nitrogens is 1. The predicted octanol–water partition coefficient (Wildman–Crippen LogP) is 3.25. The first-order valence-electron chi connectivity index (χ1n) is 6.54. The van der Waals surface area contributed by atoms with E-state index in [9.17, 15) is 0 Å². The van der Waals surface area contributed by atoms with Gasteiger partial charge in [-0.05, 0) is 30.9 Å². The predicted molar refractivity (Wildman–Crippen MR) is 78.9 cm³/mol.